The first kappa shape index (κ1) is 17.9. The molecule has 0 saturated heterocycles. The van der Waals surface area contributed by atoms with Gasteiger partial charge in [-0.15, -0.1) is 0 Å². The molecule has 25 heavy (non-hydrogen) atoms. The molecule has 0 aliphatic rings. The Balaban J connectivity index is 1.79. The highest BCUT2D eigenvalue weighted by Crippen LogP contribution is 2.26. The maximum absolute atomic E-state index is 12.6. The number of benzene rings is 2. The highest BCUT2D eigenvalue weighted by Gasteiger charge is 2.15. The van der Waals surface area contributed by atoms with Crippen LogP contribution in [-0.4, -0.2) is 8.42 Å². The second-order valence-electron chi connectivity index (χ2n) is 6.22. The van der Waals surface area contributed by atoms with E-state index >= 15 is 0 Å². The van der Waals surface area contributed by atoms with Gasteiger partial charge in [-0.2, -0.15) is 11.3 Å². The zero-order chi connectivity index (χ0) is 17.9. The average molecular weight is 372 g/mol. The first-order chi connectivity index (χ1) is 12.0. The van der Waals surface area contributed by atoms with E-state index in [0.717, 1.165) is 22.3 Å². The number of rotatable bonds is 6. The predicted octanol–water partition coefficient (Wildman–Crippen LogP) is 5.02. The van der Waals surface area contributed by atoms with Gasteiger partial charge in [0.25, 0.3) is 0 Å². The van der Waals surface area contributed by atoms with E-state index in [-0.39, 0.29) is 6.54 Å². The molecule has 1 aromatic heterocycles. The second-order valence-corrected chi connectivity index (χ2v) is 8.76. The molecular formula is C20H21NO2S2. The summed E-state index contributed by atoms with van der Waals surface area (Å²) in [6, 6.07) is 17.0. The zero-order valence-corrected chi connectivity index (χ0v) is 15.9. The van der Waals surface area contributed by atoms with Gasteiger partial charge < -0.3 is 0 Å². The second kappa shape index (κ2) is 7.52. The van der Waals surface area contributed by atoms with Crippen molar-refractivity contribution in [3.05, 3.63) is 76.5 Å². The van der Waals surface area contributed by atoms with Crippen LogP contribution in [0.15, 0.2) is 70.3 Å². The Morgan fingerprint density at radius 1 is 1.00 bits per heavy atom. The molecule has 0 aliphatic heterocycles. The third kappa shape index (κ3) is 4.18. The summed E-state index contributed by atoms with van der Waals surface area (Å²) in [5, 5.41) is 4.09. The van der Waals surface area contributed by atoms with Crippen molar-refractivity contribution in [2.45, 2.75) is 31.2 Å². The van der Waals surface area contributed by atoms with Crippen LogP contribution in [0, 0.1) is 0 Å². The molecule has 130 valence electrons. The van der Waals surface area contributed by atoms with Crippen LogP contribution in [-0.2, 0) is 16.6 Å². The van der Waals surface area contributed by atoms with E-state index in [1.54, 1.807) is 23.5 Å². The normalized spacial score (nSPS) is 11.8. The van der Waals surface area contributed by atoms with Gasteiger partial charge in [0, 0.05) is 6.54 Å². The molecule has 0 amide bonds. The lowest BCUT2D eigenvalue weighted by Crippen LogP contribution is -2.23. The molecule has 3 rings (SSSR count). The molecular weight excluding hydrogens is 350 g/mol. The molecule has 0 atom stereocenters. The van der Waals surface area contributed by atoms with E-state index in [9.17, 15) is 8.42 Å². The van der Waals surface area contributed by atoms with Crippen LogP contribution in [0.25, 0.3) is 11.1 Å². The lowest BCUT2D eigenvalue weighted by atomic mass is 10.0. The van der Waals surface area contributed by atoms with Crippen molar-refractivity contribution < 1.29 is 8.42 Å². The van der Waals surface area contributed by atoms with Crippen LogP contribution in [0.2, 0.25) is 0 Å². The molecule has 3 nitrogen and oxygen atoms in total. The van der Waals surface area contributed by atoms with Gasteiger partial charge in [0.2, 0.25) is 10.0 Å². The topological polar surface area (TPSA) is 46.2 Å². The summed E-state index contributed by atoms with van der Waals surface area (Å²) >= 11 is 1.63. The van der Waals surface area contributed by atoms with E-state index in [1.165, 1.54) is 0 Å². The molecule has 1 heterocycles. The van der Waals surface area contributed by atoms with Crippen LogP contribution < -0.4 is 4.72 Å². The molecule has 0 saturated carbocycles. The zero-order valence-electron chi connectivity index (χ0n) is 14.3. The largest absolute Gasteiger partial charge is 0.240 e. The Morgan fingerprint density at radius 3 is 2.36 bits per heavy atom. The van der Waals surface area contributed by atoms with Gasteiger partial charge in [0.05, 0.1) is 4.90 Å². The van der Waals surface area contributed by atoms with E-state index in [0.29, 0.717) is 10.8 Å². The summed E-state index contributed by atoms with van der Waals surface area (Å²) in [6.07, 6.45) is 0. The molecule has 2 aromatic carbocycles. The summed E-state index contributed by atoms with van der Waals surface area (Å²) in [6.45, 7) is 4.44. The van der Waals surface area contributed by atoms with Crippen molar-refractivity contribution in [3.8, 4) is 11.1 Å². The molecule has 0 unspecified atom stereocenters. The molecule has 1 N–H and O–H groups in total. The van der Waals surface area contributed by atoms with Gasteiger partial charge in [-0.1, -0.05) is 50.2 Å². The van der Waals surface area contributed by atoms with E-state index in [1.807, 2.05) is 47.8 Å². The molecule has 0 radical (unpaired) electrons. The van der Waals surface area contributed by atoms with E-state index in [4.69, 9.17) is 0 Å². The molecule has 0 spiro atoms. The Morgan fingerprint density at radius 2 is 1.72 bits per heavy atom. The first-order valence-electron chi connectivity index (χ1n) is 8.17. The van der Waals surface area contributed by atoms with E-state index < -0.39 is 10.0 Å². The summed E-state index contributed by atoms with van der Waals surface area (Å²) in [4.78, 5) is 0.296. The highest BCUT2D eigenvalue weighted by atomic mass is 32.2. The van der Waals surface area contributed by atoms with Crippen LogP contribution in [0.3, 0.4) is 0 Å². The van der Waals surface area contributed by atoms with Crippen molar-refractivity contribution in [2.24, 2.45) is 0 Å². The molecule has 0 bridgehead atoms. The van der Waals surface area contributed by atoms with Crippen LogP contribution >= 0.6 is 11.3 Å². The molecule has 5 heteroatoms. The summed E-state index contributed by atoms with van der Waals surface area (Å²) < 4.78 is 27.9. The van der Waals surface area contributed by atoms with Gasteiger partial charge in [-0.25, -0.2) is 13.1 Å². The minimum absolute atomic E-state index is 0.264. The fraction of sp³-hybridized carbons (Fsp3) is 0.200. The third-order valence-electron chi connectivity index (χ3n) is 4.16. The summed E-state index contributed by atoms with van der Waals surface area (Å²) in [5.74, 6) is 0.377. The Hall–Kier alpha value is -1.95. The lowest BCUT2D eigenvalue weighted by molar-refractivity contribution is 0.581. The maximum Gasteiger partial charge on any atom is 0.240 e. The lowest BCUT2D eigenvalue weighted by Gasteiger charge is -2.11. The van der Waals surface area contributed by atoms with Gasteiger partial charge in [-0.3, -0.25) is 0 Å². The fourth-order valence-electron chi connectivity index (χ4n) is 2.66. The smallest absolute Gasteiger partial charge is 0.207 e. The van der Waals surface area contributed by atoms with Gasteiger partial charge in [0.15, 0.2) is 0 Å². The highest BCUT2D eigenvalue weighted by molar-refractivity contribution is 7.89. The maximum atomic E-state index is 12.6. The predicted molar refractivity (Wildman–Crippen MR) is 104 cm³/mol. The summed E-state index contributed by atoms with van der Waals surface area (Å²) in [7, 11) is -3.53. The van der Waals surface area contributed by atoms with Crippen molar-refractivity contribution in [3.63, 3.8) is 0 Å². The minimum atomic E-state index is -3.53. The summed E-state index contributed by atoms with van der Waals surface area (Å²) in [5.41, 5.74) is 4.26. The van der Waals surface area contributed by atoms with Crippen LogP contribution in [0.1, 0.15) is 30.9 Å². The Labute approximate surface area is 153 Å². The molecule has 3 aromatic rings. The first-order valence-corrected chi connectivity index (χ1v) is 10.6. The van der Waals surface area contributed by atoms with Gasteiger partial charge in [0.1, 0.15) is 0 Å². The SMILES string of the molecule is CC(C)c1ccc(S(=O)(=O)NCc2ccccc2-c2ccsc2)cc1. The van der Waals surface area contributed by atoms with Crippen LogP contribution in [0.4, 0.5) is 0 Å². The number of sulfonamides is 1. The number of hydrogen-bond acceptors (Lipinski definition) is 3. The van der Waals surface area contributed by atoms with Gasteiger partial charge in [-0.05, 0) is 57.1 Å². The molecule has 0 aliphatic carbocycles. The van der Waals surface area contributed by atoms with Crippen LogP contribution in [0.5, 0.6) is 0 Å². The fourth-order valence-corrected chi connectivity index (χ4v) is 4.32. The van der Waals surface area contributed by atoms with Crippen molar-refractivity contribution >= 4 is 21.4 Å². The quantitative estimate of drug-likeness (QED) is 0.661. The van der Waals surface area contributed by atoms with Crippen molar-refractivity contribution in [1.82, 2.24) is 4.72 Å². The number of thiophene rings is 1. The number of hydrogen-bond donors (Lipinski definition) is 1. The van der Waals surface area contributed by atoms with Crippen molar-refractivity contribution in [1.29, 1.82) is 0 Å². The Bertz CT molecular complexity index is 928. The van der Waals surface area contributed by atoms with E-state index in [2.05, 4.69) is 23.9 Å². The van der Waals surface area contributed by atoms with Crippen molar-refractivity contribution in [2.75, 3.05) is 0 Å². The third-order valence-corrected chi connectivity index (χ3v) is 6.26. The average Bonchev–Trinajstić information content (AvgIpc) is 3.15. The monoisotopic (exact) mass is 371 g/mol. The van der Waals surface area contributed by atoms with Gasteiger partial charge >= 0.3 is 0 Å². The Kier molecular flexibility index (Phi) is 5.37. The minimum Gasteiger partial charge on any atom is -0.207 e. The standard InChI is InChI=1S/C20H21NO2S2/c1-15(2)16-7-9-19(10-8-16)25(22,23)21-13-17-5-3-4-6-20(17)18-11-12-24-14-18/h3-12,14-15,21H,13H2,1-2H3. The molecule has 0 fully saturated rings. The number of nitrogens with one attached hydrogen (secondary N) is 1.